The summed E-state index contributed by atoms with van der Waals surface area (Å²) in [4.78, 5) is 51.7. The van der Waals surface area contributed by atoms with E-state index in [1.54, 1.807) is 0 Å². The molecule has 2 aliphatic heterocycles. The first-order chi connectivity index (χ1) is 10.9. The van der Waals surface area contributed by atoms with Gasteiger partial charge in [0.15, 0.2) is 0 Å². The number of nitrogens with zero attached hydrogens (tertiary/aromatic N) is 2. The third-order valence-corrected chi connectivity index (χ3v) is 5.71. The van der Waals surface area contributed by atoms with E-state index in [1.807, 2.05) is 6.08 Å². The number of allylic oxidation sites excluding steroid dienone is 1. The van der Waals surface area contributed by atoms with Gasteiger partial charge in [0.2, 0.25) is 17.7 Å². The summed E-state index contributed by atoms with van der Waals surface area (Å²) in [6.07, 6.45) is 2.85. The van der Waals surface area contributed by atoms with Crippen molar-refractivity contribution in [3.05, 3.63) is 10.6 Å². The molecule has 2 saturated heterocycles. The van der Waals surface area contributed by atoms with Crippen LogP contribution in [0.4, 0.5) is 0 Å². The number of methoxy groups -OCH3 is 1. The van der Waals surface area contributed by atoms with Gasteiger partial charge in [-0.1, -0.05) is 22.0 Å². The van der Waals surface area contributed by atoms with Gasteiger partial charge in [-0.15, -0.1) is 0 Å². The lowest BCUT2D eigenvalue weighted by atomic mass is 9.80. The molecule has 7 nitrogen and oxygen atoms in total. The Labute approximate surface area is 141 Å². The predicted octanol–water partition coefficient (Wildman–Crippen LogP) is 0.432. The quantitative estimate of drug-likeness (QED) is 0.509. The van der Waals surface area contributed by atoms with Crippen LogP contribution >= 0.6 is 15.9 Å². The molecule has 3 amide bonds. The van der Waals surface area contributed by atoms with Crippen molar-refractivity contribution in [2.24, 2.45) is 11.8 Å². The molecule has 0 aromatic rings. The van der Waals surface area contributed by atoms with Crippen molar-refractivity contribution in [3.63, 3.8) is 0 Å². The SMILES string of the molecule is COC(=O)[C@@H]1CCC(=O)N1[C@@H]1C(Br)=CC[C@@H]2C(=O)N(C)C(=O)[C@@H]21. The summed E-state index contributed by atoms with van der Waals surface area (Å²) in [7, 11) is 2.73. The van der Waals surface area contributed by atoms with E-state index in [0.29, 0.717) is 17.3 Å². The lowest BCUT2D eigenvalue weighted by Gasteiger charge is -2.38. The molecule has 2 heterocycles. The Bertz CT molecular complexity index is 631. The summed E-state index contributed by atoms with van der Waals surface area (Å²) in [6.45, 7) is 0. The standard InChI is InChI=1S/C15H17BrN2O5/c1-17-13(20)7-3-4-8(16)12(11(7)14(17)21)18-9(15(22)23-2)5-6-10(18)19/h4,7,9,11-12H,3,5-6H2,1-2H3/t7-,9-,11-,12+/m0/s1. The topological polar surface area (TPSA) is 84.0 Å². The maximum Gasteiger partial charge on any atom is 0.328 e. The monoisotopic (exact) mass is 384 g/mol. The number of esters is 1. The molecule has 0 aromatic carbocycles. The van der Waals surface area contributed by atoms with Crippen LogP contribution in [0.2, 0.25) is 0 Å². The molecule has 0 saturated carbocycles. The van der Waals surface area contributed by atoms with E-state index < -0.39 is 29.9 Å². The molecule has 0 N–H and O–H groups in total. The van der Waals surface area contributed by atoms with Crippen LogP contribution in [-0.4, -0.2) is 59.7 Å². The smallest absolute Gasteiger partial charge is 0.328 e. The number of likely N-dealkylation sites (tertiary alicyclic amines) is 2. The molecule has 0 spiro atoms. The van der Waals surface area contributed by atoms with Gasteiger partial charge in [-0.05, 0) is 12.8 Å². The zero-order valence-corrected chi connectivity index (χ0v) is 14.4. The Morgan fingerprint density at radius 2 is 2.00 bits per heavy atom. The highest BCUT2D eigenvalue weighted by atomic mass is 79.9. The molecular weight excluding hydrogens is 368 g/mol. The van der Waals surface area contributed by atoms with Gasteiger partial charge in [-0.2, -0.15) is 0 Å². The Hall–Kier alpha value is -1.70. The highest BCUT2D eigenvalue weighted by molar-refractivity contribution is 9.11. The third-order valence-electron chi connectivity index (χ3n) is 4.91. The highest BCUT2D eigenvalue weighted by Crippen LogP contribution is 2.44. The highest BCUT2D eigenvalue weighted by Gasteiger charge is 2.56. The van der Waals surface area contributed by atoms with Crippen molar-refractivity contribution in [2.75, 3.05) is 14.2 Å². The molecular formula is C15H17BrN2O5. The largest absolute Gasteiger partial charge is 0.467 e. The number of fused-ring (bicyclic) bond motifs is 1. The summed E-state index contributed by atoms with van der Waals surface area (Å²) in [6, 6.07) is -1.35. The molecule has 3 rings (SSSR count). The van der Waals surface area contributed by atoms with Crippen LogP contribution in [0.1, 0.15) is 19.3 Å². The molecule has 1 aliphatic carbocycles. The number of ether oxygens (including phenoxy) is 1. The van der Waals surface area contributed by atoms with Gasteiger partial charge in [0.25, 0.3) is 0 Å². The van der Waals surface area contributed by atoms with E-state index in [1.165, 1.54) is 19.1 Å². The molecule has 0 radical (unpaired) electrons. The molecule has 8 heteroatoms. The summed E-state index contributed by atoms with van der Waals surface area (Å²) in [5.41, 5.74) is 0. The third kappa shape index (κ3) is 2.31. The average molecular weight is 385 g/mol. The maximum absolute atomic E-state index is 12.5. The van der Waals surface area contributed by atoms with Crippen molar-refractivity contribution >= 4 is 39.6 Å². The average Bonchev–Trinajstić information content (AvgIpc) is 3.01. The molecule has 23 heavy (non-hydrogen) atoms. The van der Waals surface area contributed by atoms with Crippen molar-refractivity contribution in [1.29, 1.82) is 0 Å². The van der Waals surface area contributed by atoms with Gasteiger partial charge in [0, 0.05) is 18.0 Å². The Balaban J connectivity index is 2.02. The van der Waals surface area contributed by atoms with Crippen molar-refractivity contribution in [1.82, 2.24) is 9.80 Å². The van der Waals surface area contributed by atoms with Crippen molar-refractivity contribution in [2.45, 2.75) is 31.3 Å². The van der Waals surface area contributed by atoms with Gasteiger partial charge >= 0.3 is 5.97 Å². The van der Waals surface area contributed by atoms with E-state index in [2.05, 4.69) is 15.9 Å². The molecule has 124 valence electrons. The molecule has 4 atom stereocenters. The number of carbonyl (C=O) groups excluding carboxylic acids is 4. The predicted molar refractivity (Wildman–Crippen MR) is 82.1 cm³/mol. The van der Waals surface area contributed by atoms with Crippen LogP contribution in [0.15, 0.2) is 10.6 Å². The van der Waals surface area contributed by atoms with E-state index in [9.17, 15) is 19.2 Å². The van der Waals surface area contributed by atoms with Gasteiger partial charge in [-0.25, -0.2) is 4.79 Å². The van der Waals surface area contributed by atoms with E-state index in [4.69, 9.17) is 4.74 Å². The molecule has 0 bridgehead atoms. The lowest BCUT2D eigenvalue weighted by Crippen LogP contribution is -2.53. The minimum Gasteiger partial charge on any atom is -0.467 e. The van der Waals surface area contributed by atoms with Crippen LogP contribution in [0.3, 0.4) is 0 Å². The fourth-order valence-corrected chi connectivity index (χ4v) is 4.46. The lowest BCUT2D eigenvalue weighted by molar-refractivity contribution is -0.152. The molecule has 0 unspecified atom stereocenters. The van der Waals surface area contributed by atoms with Crippen molar-refractivity contribution < 1.29 is 23.9 Å². The number of amides is 3. The Morgan fingerprint density at radius 3 is 2.65 bits per heavy atom. The van der Waals surface area contributed by atoms with Crippen LogP contribution in [-0.2, 0) is 23.9 Å². The Morgan fingerprint density at radius 1 is 1.30 bits per heavy atom. The van der Waals surface area contributed by atoms with Crippen LogP contribution < -0.4 is 0 Å². The first-order valence-electron chi connectivity index (χ1n) is 7.44. The van der Waals surface area contributed by atoms with Crippen LogP contribution in [0.25, 0.3) is 0 Å². The molecule has 0 aromatic heterocycles. The normalized spacial score (nSPS) is 33.9. The molecule has 2 fully saturated rings. The Kier molecular flexibility index (Phi) is 4.03. The number of carbonyl (C=O) groups is 4. The fourth-order valence-electron chi connectivity index (χ4n) is 3.77. The fraction of sp³-hybridized carbons (Fsp3) is 0.600. The molecule has 3 aliphatic rings. The summed E-state index contributed by atoms with van der Waals surface area (Å²) >= 11 is 3.43. The van der Waals surface area contributed by atoms with Gasteiger partial charge < -0.3 is 9.64 Å². The summed E-state index contributed by atoms with van der Waals surface area (Å²) < 4.78 is 5.46. The van der Waals surface area contributed by atoms with E-state index >= 15 is 0 Å². The van der Waals surface area contributed by atoms with Crippen LogP contribution in [0, 0.1) is 11.8 Å². The number of rotatable bonds is 2. The number of hydrogen-bond acceptors (Lipinski definition) is 5. The van der Waals surface area contributed by atoms with Gasteiger partial charge in [-0.3, -0.25) is 19.3 Å². The second-order valence-electron chi connectivity index (χ2n) is 6.02. The zero-order chi connectivity index (χ0) is 16.9. The minimum atomic E-state index is -0.717. The first kappa shape index (κ1) is 16.2. The number of hydrogen-bond donors (Lipinski definition) is 0. The minimum absolute atomic E-state index is 0.203. The second-order valence-corrected chi connectivity index (χ2v) is 6.93. The van der Waals surface area contributed by atoms with Gasteiger partial charge in [0.1, 0.15) is 6.04 Å². The first-order valence-corrected chi connectivity index (χ1v) is 8.23. The number of imide groups is 1. The van der Waals surface area contributed by atoms with E-state index in [-0.39, 0.29) is 24.1 Å². The second kappa shape index (κ2) is 5.74. The van der Waals surface area contributed by atoms with Crippen LogP contribution in [0.5, 0.6) is 0 Å². The number of halogens is 1. The summed E-state index contributed by atoms with van der Waals surface area (Å²) in [5.74, 6) is -2.37. The summed E-state index contributed by atoms with van der Waals surface area (Å²) in [5, 5.41) is 0. The zero-order valence-electron chi connectivity index (χ0n) is 12.8. The van der Waals surface area contributed by atoms with Crippen molar-refractivity contribution in [3.8, 4) is 0 Å². The maximum atomic E-state index is 12.5. The van der Waals surface area contributed by atoms with E-state index in [0.717, 1.165) is 4.90 Å². The van der Waals surface area contributed by atoms with Gasteiger partial charge in [0.05, 0.1) is 25.0 Å².